The normalized spacial score (nSPS) is 10.9. The lowest BCUT2D eigenvalue weighted by Gasteiger charge is -2.20. The number of carbonyl (C=O) groups is 1. The Balaban J connectivity index is 0.00000280. The second-order valence-corrected chi connectivity index (χ2v) is 9.45. The number of aromatic nitrogens is 1. The van der Waals surface area contributed by atoms with E-state index in [0.29, 0.717) is 31.7 Å². The molecule has 0 saturated carbocycles. The van der Waals surface area contributed by atoms with Gasteiger partial charge in [0.1, 0.15) is 15.6 Å². The molecule has 152 valence electrons. The minimum atomic E-state index is -0.195. The molecule has 3 aromatic rings. The van der Waals surface area contributed by atoms with Crippen LogP contribution in [0.5, 0.6) is 5.75 Å². The second-order valence-electron chi connectivity index (χ2n) is 6.15. The standard InChI is InChI=1S/C18H19Cl2N3O2S2.ClH/c1-22(2)8-5-9-23(17(24)11-10-14(19)27-16(11)20)18-21-15-12(25-3)6-4-7-13(15)26-18;/h4,6-7,10H,5,8-9H2,1-3H3;1H. The molecule has 0 saturated heterocycles. The van der Waals surface area contributed by atoms with Gasteiger partial charge in [0.2, 0.25) is 0 Å². The van der Waals surface area contributed by atoms with Gasteiger partial charge in [0.25, 0.3) is 5.91 Å². The summed E-state index contributed by atoms with van der Waals surface area (Å²) in [6.07, 6.45) is 0.807. The van der Waals surface area contributed by atoms with Crippen molar-refractivity contribution in [3.8, 4) is 5.75 Å². The van der Waals surface area contributed by atoms with E-state index in [1.807, 2.05) is 32.3 Å². The molecule has 28 heavy (non-hydrogen) atoms. The van der Waals surface area contributed by atoms with E-state index in [4.69, 9.17) is 27.9 Å². The Labute approximate surface area is 188 Å². The van der Waals surface area contributed by atoms with Gasteiger partial charge in [0.05, 0.1) is 21.7 Å². The lowest BCUT2D eigenvalue weighted by molar-refractivity contribution is 0.0986. The summed E-state index contributed by atoms with van der Waals surface area (Å²) >= 11 is 14.9. The first kappa shape index (κ1) is 23.2. The quantitative estimate of drug-likeness (QED) is 0.435. The topological polar surface area (TPSA) is 45.7 Å². The van der Waals surface area contributed by atoms with Crippen molar-refractivity contribution >= 4 is 79.5 Å². The van der Waals surface area contributed by atoms with Crippen LogP contribution in [0.4, 0.5) is 5.13 Å². The molecule has 2 heterocycles. The Kier molecular flexibility index (Phi) is 8.36. The van der Waals surface area contributed by atoms with Gasteiger partial charge in [-0.05, 0) is 45.3 Å². The van der Waals surface area contributed by atoms with Gasteiger partial charge >= 0.3 is 0 Å². The number of para-hydroxylation sites is 1. The minimum Gasteiger partial charge on any atom is -0.494 e. The number of benzene rings is 1. The van der Waals surface area contributed by atoms with Crippen LogP contribution >= 0.6 is 58.3 Å². The number of hydrogen-bond acceptors (Lipinski definition) is 6. The molecule has 10 heteroatoms. The third-order valence-corrected chi connectivity index (χ3v) is 6.47. The zero-order valence-electron chi connectivity index (χ0n) is 15.6. The van der Waals surface area contributed by atoms with E-state index in [-0.39, 0.29) is 18.3 Å². The highest BCUT2D eigenvalue weighted by Crippen LogP contribution is 2.37. The van der Waals surface area contributed by atoms with Crippen LogP contribution in [0.15, 0.2) is 24.3 Å². The van der Waals surface area contributed by atoms with Gasteiger partial charge < -0.3 is 9.64 Å². The summed E-state index contributed by atoms with van der Waals surface area (Å²) in [5.74, 6) is 0.493. The van der Waals surface area contributed by atoms with Crippen molar-refractivity contribution in [2.24, 2.45) is 0 Å². The number of amides is 1. The van der Waals surface area contributed by atoms with Crippen molar-refractivity contribution in [1.82, 2.24) is 9.88 Å². The largest absolute Gasteiger partial charge is 0.494 e. The van der Waals surface area contributed by atoms with E-state index < -0.39 is 0 Å². The molecule has 2 aromatic heterocycles. The van der Waals surface area contributed by atoms with Crippen LogP contribution in [0.3, 0.4) is 0 Å². The van der Waals surface area contributed by atoms with E-state index in [9.17, 15) is 4.79 Å². The summed E-state index contributed by atoms with van der Waals surface area (Å²) in [5, 5.41) is 0.622. The summed E-state index contributed by atoms with van der Waals surface area (Å²) in [4.78, 5) is 21.6. The molecule has 0 bridgehead atoms. The summed E-state index contributed by atoms with van der Waals surface area (Å²) in [6, 6.07) is 7.36. The lowest BCUT2D eigenvalue weighted by atomic mass is 10.3. The lowest BCUT2D eigenvalue weighted by Crippen LogP contribution is -2.33. The van der Waals surface area contributed by atoms with Crippen molar-refractivity contribution < 1.29 is 9.53 Å². The number of methoxy groups -OCH3 is 1. The van der Waals surface area contributed by atoms with Gasteiger partial charge in [-0.15, -0.1) is 23.7 Å². The maximum atomic E-state index is 13.2. The van der Waals surface area contributed by atoms with E-state index in [1.54, 1.807) is 18.1 Å². The molecule has 0 atom stereocenters. The fourth-order valence-electron chi connectivity index (χ4n) is 2.65. The van der Waals surface area contributed by atoms with E-state index in [0.717, 1.165) is 23.2 Å². The molecule has 0 aliphatic heterocycles. The number of nitrogens with zero attached hydrogens (tertiary/aromatic N) is 3. The predicted octanol–water partition coefficient (Wildman–Crippen LogP) is 5.69. The number of anilines is 1. The van der Waals surface area contributed by atoms with Crippen molar-refractivity contribution in [3.63, 3.8) is 0 Å². The van der Waals surface area contributed by atoms with Crippen LogP contribution in [0.1, 0.15) is 16.8 Å². The molecule has 0 aliphatic carbocycles. The minimum absolute atomic E-state index is 0. The van der Waals surface area contributed by atoms with Crippen LogP contribution < -0.4 is 9.64 Å². The van der Waals surface area contributed by atoms with Crippen molar-refractivity contribution in [2.45, 2.75) is 6.42 Å². The molecule has 0 N–H and O–H groups in total. The second kappa shape index (κ2) is 10.1. The Morgan fingerprint density at radius 1 is 1.21 bits per heavy atom. The molecule has 1 aromatic carbocycles. The highest BCUT2D eigenvalue weighted by Gasteiger charge is 2.25. The monoisotopic (exact) mass is 479 g/mol. The van der Waals surface area contributed by atoms with Gasteiger partial charge in [-0.3, -0.25) is 9.69 Å². The molecule has 5 nitrogen and oxygen atoms in total. The molecule has 0 unspecified atom stereocenters. The van der Waals surface area contributed by atoms with Crippen molar-refractivity contribution in [2.75, 3.05) is 39.2 Å². The van der Waals surface area contributed by atoms with Gasteiger partial charge in [-0.25, -0.2) is 4.98 Å². The molecule has 0 aliphatic rings. The average molecular weight is 481 g/mol. The summed E-state index contributed by atoms with van der Waals surface area (Å²) in [5.41, 5.74) is 1.16. The first-order valence-electron chi connectivity index (χ1n) is 8.25. The molecular formula is C18H20Cl3N3O2S2. The van der Waals surface area contributed by atoms with Gasteiger partial charge in [-0.1, -0.05) is 40.6 Å². The summed E-state index contributed by atoms with van der Waals surface area (Å²) in [7, 11) is 5.62. The smallest absolute Gasteiger partial charge is 0.262 e. The maximum Gasteiger partial charge on any atom is 0.262 e. The fraction of sp³-hybridized carbons (Fsp3) is 0.333. The Morgan fingerprint density at radius 3 is 2.57 bits per heavy atom. The highest BCUT2D eigenvalue weighted by molar-refractivity contribution is 7.22. The molecule has 1 amide bonds. The van der Waals surface area contributed by atoms with Crippen molar-refractivity contribution in [1.29, 1.82) is 0 Å². The number of halogens is 3. The van der Waals surface area contributed by atoms with Crippen LogP contribution in [0.2, 0.25) is 8.67 Å². The van der Waals surface area contributed by atoms with Crippen LogP contribution in [0.25, 0.3) is 10.2 Å². The first-order chi connectivity index (χ1) is 12.9. The maximum absolute atomic E-state index is 13.2. The van der Waals surface area contributed by atoms with Crippen LogP contribution in [-0.2, 0) is 0 Å². The number of thiophene rings is 1. The van der Waals surface area contributed by atoms with E-state index >= 15 is 0 Å². The molecule has 0 radical (unpaired) electrons. The zero-order valence-corrected chi connectivity index (χ0v) is 19.5. The van der Waals surface area contributed by atoms with Crippen molar-refractivity contribution in [3.05, 3.63) is 38.5 Å². The number of ether oxygens (including phenoxy) is 1. The first-order valence-corrected chi connectivity index (χ1v) is 10.6. The molecular weight excluding hydrogens is 461 g/mol. The number of hydrogen-bond donors (Lipinski definition) is 0. The summed E-state index contributed by atoms with van der Waals surface area (Å²) < 4.78 is 7.24. The molecule has 0 spiro atoms. The Morgan fingerprint density at radius 2 is 1.96 bits per heavy atom. The van der Waals surface area contributed by atoms with Crippen LogP contribution in [0, 0.1) is 0 Å². The number of fused-ring (bicyclic) bond motifs is 1. The zero-order chi connectivity index (χ0) is 19.6. The summed E-state index contributed by atoms with van der Waals surface area (Å²) in [6.45, 7) is 1.39. The Hall–Kier alpha value is -1.09. The van der Waals surface area contributed by atoms with E-state index in [1.165, 1.54) is 22.7 Å². The number of rotatable bonds is 7. The van der Waals surface area contributed by atoms with Gasteiger partial charge in [0.15, 0.2) is 5.13 Å². The van der Waals surface area contributed by atoms with E-state index in [2.05, 4.69) is 9.88 Å². The van der Waals surface area contributed by atoms with Gasteiger partial charge in [-0.2, -0.15) is 0 Å². The number of thiazole rings is 1. The SMILES string of the molecule is COc1cccc2sc(N(CCCN(C)C)C(=O)c3cc(Cl)sc3Cl)nc12.Cl. The van der Waals surface area contributed by atoms with Crippen LogP contribution in [-0.4, -0.2) is 50.1 Å². The highest BCUT2D eigenvalue weighted by atomic mass is 35.5. The average Bonchev–Trinajstić information content (AvgIpc) is 3.20. The third-order valence-electron chi connectivity index (χ3n) is 3.94. The fourth-order valence-corrected chi connectivity index (χ4v) is 5.11. The molecule has 3 rings (SSSR count). The number of carbonyl (C=O) groups excluding carboxylic acids is 1. The predicted molar refractivity (Wildman–Crippen MR) is 123 cm³/mol. The van der Waals surface area contributed by atoms with Gasteiger partial charge in [0, 0.05) is 6.54 Å². The molecule has 0 fully saturated rings. The third kappa shape index (κ3) is 5.09. The Bertz CT molecular complexity index is 959.